The molecule has 4 heteroatoms. The molecule has 0 saturated heterocycles. The maximum absolute atomic E-state index is 4.81. The van der Waals surface area contributed by atoms with Crippen LogP contribution in [0.15, 0.2) is 30.5 Å². The second kappa shape index (κ2) is 3.96. The van der Waals surface area contributed by atoms with Gasteiger partial charge >= 0.3 is 0 Å². The maximum Gasteiger partial charge on any atom is 0.194 e. The first-order valence-electron chi connectivity index (χ1n) is 6.68. The monoisotopic (exact) mass is 281 g/mol. The van der Waals surface area contributed by atoms with Crippen LogP contribution in [-0.4, -0.2) is 14.4 Å². The third kappa shape index (κ3) is 1.48. The number of H-pyrrole nitrogens is 1. The summed E-state index contributed by atoms with van der Waals surface area (Å²) in [5.74, 6) is 0. The summed E-state index contributed by atoms with van der Waals surface area (Å²) in [7, 11) is 0. The number of rotatable bonds is 1. The topological polar surface area (TPSA) is 33.1 Å². The molecule has 0 bridgehead atoms. The van der Waals surface area contributed by atoms with Crippen molar-refractivity contribution >= 4 is 27.2 Å². The van der Waals surface area contributed by atoms with Crippen molar-refractivity contribution in [2.24, 2.45) is 0 Å². The summed E-state index contributed by atoms with van der Waals surface area (Å²) in [4.78, 5) is 10.6. The highest BCUT2D eigenvalue weighted by Gasteiger charge is 2.15. The predicted octanol–water partition coefficient (Wildman–Crippen LogP) is 4.47. The van der Waals surface area contributed by atoms with Gasteiger partial charge in [-0.25, -0.2) is 4.98 Å². The molecule has 1 aromatic carbocycles. The minimum Gasteiger partial charge on any atom is -0.358 e. The number of thiazole rings is 1. The van der Waals surface area contributed by atoms with Gasteiger partial charge in [-0.1, -0.05) is 18.2 Å². The number of aromatic nitrogens is 3. The van der Waals surface area contributed by atoms with Crippen LogP contribution in [0.5, 0.6) is 0 Å². The lowest BCUT2D eigenvalue weighted by molar-refractivity contribution is 1.11. The van der Waals surface area contributed by atoms with E-state index in [1.165, 1.54) is 32.7 Å². The normalized spacial score (nSPS) is 11.8. The van der Waals surface area contributed by atoms with Crippen molar-refractivity contribution in [1.82, 2.24) is 14.4 Å². The molecule has 4 aromatic rings. The van der Waals surface area contributed by atoms with Gasteiger partial charge in [0.1, 0.15) is 0 Å². The van der Waals surface area contributed by atoms with Gasteiger partial charge in [0, 0.05) is 38.9 Å². The van der Waals surface area contributed by atoms with Crippen LogP contribution in [0, 0.1) is 20.8 Å². The van der Waals surface area contributed by atoms with Crippen molar-refractivity contribution in [3.8, 4) is 11.3 Å². The molecule has 0 aliphatic heterocycles. The van der Waals surface area contributed by atoms with Crippen LogP contribution < -0.4 is 0 Å². The summed E-state index contributed by atoms with van der Waals surface area (Å²) in [6.45, 7) is 6.40. The lowest BCUT2D eigenvalue weighted by Gasteiger charge is -1.96. The molecule has 0 amide bonds. The Labute approximate surface area is 120 Å². The molecule has 100 valence electrons. The van der Waals surface area contributed by atoms with Crippen LogP contribution in [0.4, 0.5) is 0 Å². The van der Waals surface area contributed by atoms with Gasteiger partial charge in [0.25, 0.3) is 0 Å². The predicted molar refractivity (Wildman–Crippen MR) is 84.6 cm³/mol. The van der Waals surface area contributed by atoms with Gasteiger partial charge in [-0.15, -0.1) is 11.3 Å². The van der Waals surface area contributed by atoms with Gasteiger partial charge in [0.2, 0.25) is 0 Å². The highest BCUT2D eigenvalue weighted by Crippen LogP contribution is 2.33. The van der Waals surface area contributed by atoms with Crippen LogP contribution in [0.2, 0.25) is 0 Å². The third-order valence-electron chi connectivity index (χ3n) is 3.94. The molecule has 3 nitrogen and oxygen atoms in total. The van der Waals surface area contributed by atoms with Crippen molar-refractivity contribution < 1.29 is 0 Å². The van der Waals surface area contributed by atoms with Crippen molar-refractivity contribution in [2.75, 3.05) is 0 Å². The SMILES string of the molecule is Cc1[nH]c2ccccc2c1-c1cn2c(C)c(C)sc2n1. The molecule has 3 heterocycles. The van der Waals surface area contributed by atoms with E-state index in [4.69, 9.17) is 4.98 Å². The summed E-state index contributed by atoms with van der Waals surface area (Å²) in [6.07, 6.45) is 2.15. The Hall–Kier alpha value is -2.07. The van der Waals surface area contributed by atoms with Gasteiger partial charge < -0.3 is 4.98 Å². The first kappa shape index (κ1) is 11.7. The van der Waals surface area contributed by atoms with Crippen LogP contribution >= 0.6 is 11.3 Å². The summed E-state index contributed by atoms with van der Waals surface area (Å²) < 4.78 is 2.19. The van der Waals surface area contributed by atoms with Crippen LogP contribution in [0.25, 0.3) is 27.1 Å². The molecule has 0 fully saturated rings. The molecule has 0 radical (unpaired) electrons. The highest BCUT2D eigenvalue weighted by molar-refractivity contribution is 7.17. The van der Waals surface area contributed by atoms with Crippen molar-refractivity contribution in [3.05, 3.63) is 46.7 Å². The number of hydrogen-bond donors (Lipinski definition) is 1. The van der Waals surface area contributed by atoms with Crippen molar-refractivity contribution in [1.29, 1.82) is 0 Å². The number of aromatic amines is 1. The molecule has 1 N–H and O–H groups in total. The molecule has 0 aliphatic rings. The Morgan fingerprint density at radius 1 is 1.15 bits per heavy atom. The summed E-state index contributed by atoms with van der Waals surface area (Å²) in [5, 5.41) is 1.24. The number of fused-ring (bicyclic) bond motifs is 2. The zero-order valence-corrected chi connectivity index (χ0v) is 12.5. The summed E-state index contributed by atoms with van der Waals surface area (Å²) >= 11 is 1.75. The fourth-order valence-electron chi connectivity index (χ4n) is 2.78. The van der Waals surface area contributed by atoms with E-state index in [0.29, 0.717) is 0 Å². The van der Waals surface area contributed by atoms with Gasteiger partial charge in [0.15, 0.2) is 4.96 Å². The fraction of sp³-hybridized carbons (Fsp3) is 0.188. The van der Waals surface area contributed by atoms with E-state index in [2.05, 4.69) is 60.6 Å². The minimum absolute atomic E-state index is 1.05. The van der Waals surface area contributed by atoms with Crippen molar-refractivity contribution in [3.63, 3.8) is 0 Å². The highest BCUT2D eigenvalue weighted by atomic mass is 32.1. The molecule has 3 aromatic heterocycles. The van der Waals surface area contributed by atoms with Crippen molar-refractivity contribution in [2.45, 2.75) is 20.8 Å². The quantitative estimate of drug-likeness (QED) is 0.548. The standard InChI is InChI=1S/C16H15N3S/c1-9-15(12-6-4-5-7-13(12)17-9)14-8-19-10(2)11(3)20-16(19)18-14/h4-8,17H,1-3H3. The number of hydrogen-bond acceptors (Lipinski definition) is 2. The number of nitrogens with zero attached hydrogens (tertiary/aromatic N) is 2. The van der Waals surface area contributed by atoms with Crippen LogP contribution in [0.3, 0.4) is 0 Å². The van der Waals surface area contributed by atoms with E-state index in [0.717, 1.165) is 10.7 Å². The Bertz CT molecular complexity index is 940. The summed E-state index contributed by atoms with van der Waals surface area (Å²) in [6, 6.07) is 8.40. The summed E-state index contributed by atoms with van der Waals surface area (Å²) in [5.41, 5.74) is 5.89. The maximum atomic E-state index is 4.81. The first-order chi connectivity index (χ1) is 9.65. The Balaban J connectivity index is 2.03. The van der Waals surface area contributed by atoms with Crippen LogP contribution in [-0.2, 0) is 0 Å². The number of nitrogens with one attached hydrogen (secondary N) is 1. The van der Waals surface area contributed by atoms with E-state index >= 15 is 0 Å². The Morgan fingerprint density at radius 3 is 2.75 bits per heavy atom. The van der Waals surface area contributed by atoms with Gasteiger partial charge in [0.05, 0.1) is 5.69 Å². The Kier molecular flexibility index (Phi) is 2.32. The van der Waals surface area contributed by atoms with E-state index in [1.54, 1.807) is 11.3 Å². The van der Waals surface area contributed by atoms with E-state index < -0.39 is 0 Å². The smallest absolute Gasteiger partial charge is 0.194 e. The molecule has 0 spiro atoms. The largest absolute Gasteiger partial charge is 0.358 e. The molecule has 0 aliphatic carbocycles. The van der Waals surface area contributed by atoms with Gasteiger partial charge in [-0.05, 0) is 26.8 Å². The van der Waals surface area contributed by atoms with E-state index in [-0.39, 0.29) is 0 Å². The average molecular weight is 281 g/mol. The molecule has 0 saturated carbocycles. The first-order valence-corrected chi connectivity index (χ1v) is 7.49. The molecule has 20 heavy (non-hydrogen) atoms. The second-order valence-electron chi connectivity index (χ2n) is 5.19. The number of benzene rings is 1. The lowest BCUT2D eigenvalue weighted by Crippen LogP contribution is -1.82. The number of para-hydroxylation sites is 1. The zero-order chi connectivity index (χ0) is 13.9. The zero-order valence-electron chi connectivity index (χ0n) is 11.7. The van der Waals surface area contributed by atoms with Gasteiger partial charge in [-0.3, -0.25) is 4.40 Å². The van der Waals surface area contributed by atoms with E-state index in [1.807, 2.05) is 0 Å². The third-order valence-corrected chi connectivity index (χ3v) is 5.01. The van der Waals surface area contributed by atoms with Gasteiger partial charge in [-0.2, -0.15) is 0 Å². The molecular formula is C16H15N3S. The second-order valence-corrected chi connectivity index (χ2v) is 6.37. The van der Waals surface area contributed by atoms with Crippen LogP contribution in [0.1, 0.15) is 16.3 Å². The molecule has 4 rings (SSSR count). The molecule has 0 unspecified atom stereocenters. The minimum atomic E-state index is 1.05. The molecule has 0 atom stereocenters. The molecular weight excluding hydrogens is 266 g/mol. The fourth-order valence-corrected chi connectivity index (χ4v) is 3.74. The number of aryl methyl sites for hydroxylation is 3. The Morgan fingerprint density at radius 2 is 1.95 bits per heavy atom. The number of imidazole rings is 1. The average Bonchev–Trinajstić information content (AvgIpc) is 3.03. The lowest BCUT2D eigenvalue weighted by atomic mass is 10.1. The van der Waals surface area contributed by atoms with E-state index in [9.17, 15) is 0 Å².